The number of fused-ring (bicyclic) bond motifs is 1. The predicted molar refractivity (Wildman–Crippen MR) is 113 cm³/mol. The number of hydrogen-bond acceptors (Lipinski definition) is 5. The van der Waals surface area contributed by atoms with Crippen LogP contribution in [0.1, 0.15) is 30.0 Å². The molecular weight excluding hydrogens is 448 g/mol. The van der Waals surface area contributed by atoms with E-state index in [-0.39, 0.29) is 11.9 Å². The lowest BCUT2D eigenvalue weighted by atomic mass is 10.2. The summed E-state index contributed by atoms with van der Waals surface area (Å²) in [6, 6.07) is 10.6. The van der Waals surface area contributed by atoms with Crippen molar-refractivity contribution < 1.29 is 18.7 Å². The molecule has 146 valence electrons. The maximum absolute atomic E-state index is 12.3. The molecule has 0 saturated carbocycles. The lowest BCUT2D eigenvalue weighted by Crippen LogP contribution is -2.16. The summed E-state index contributed by atoms with van der Waals surface area (Å²) in [6.07, 6.45) is 1.42. The minimum atomic E-state index is -0.457. The van der Waals surface area contributed by atoms with Crippen molar-refractivity contribution in [2.75, 3.05) is 7.11 Å². The van der Waals surface area contributed by atoms with Gasteiger partial charge in [0.2, 0.25) is 0 Å². The van der Waals surface area contributed by atoms with Crippen molar-refractivity contribution in [3.63, 3.8) is 0 Å². The van der Waals surface area contributed by atoms with E-state index < -0.39 is 5.91 Å². The molecular formula is C20H18BrClN2O4. The number of nitrogens with one attached hydrogen (secondary N) is 1. The summed E-state index contributed by atoms with van der Waals surface area (Å²) in [4.78, 5) is 12.3. The Morgan fingerprint density at radius 2 is 2.07 bits per heavy atom. The van der Waals surface area contributed by atoms with Crippen LogP contribution in [0.2, 0.25) is 5.02 Å². The summed E-state index contributed by atoms with van der Waals surface area (Å²) < 4.78 is 17.4. The molecule has 0 unspecified atom stereocenters. The zero-order chi connectivity index (χ0) is 20.3. The molecule has 0 aliphatic carbocycles. The van der Waals surface area contributed by atoms with Crippen LogP contribution < -0.4 is 14.9 Å². The van der Waals surface area contributed by atoms with Gasteiger partial charge in [-0.1, -0.05) is 27.5 Å². The summed E-state index contributed by atoms with van der Waals surface area (Å²) in [7, 11) is 1.53. The second-order valence-corrected chi connectivity index (χ2v) is 7.52. The second-order valence-electron chi connectivity index (χ2n) is 6.19. The molecule has 2 aromatic carbocycles. The molecule has 1 amide bonds. The summed E-state index contributed by atoms with van der Waals surface area (Å²) in [6.45, 7) is 3.80. The molecule has 1 aromatic heterocycles. The molecule has 3 rings (SSSR count). The van der Waals surface area contributed by atoms with Crippen molar-refractivity contribution in [1.29, 1.82) is 0 Å². The van der Waals surface area contributed by atoms with Gasteiger partial charge in [-0.05, 0) is 55.8 Å². The molecule has 1 heterocycles. The lowest BCUT2D eigenvalue weighted by molar-refractivity contribution is 0.0929. The van der Waals surface area contributed by atoms with E-state index >= 15 is 0 Å². The Labute approximate surface area is 175 Å². The topological polar surface area (TPSA) is 73.1 Å². The van der Waals surface area contributed by atoms with E-state index in [1.807, 2.05) is 26.0 Å². The first-order valence-corrected chi connectivity index (χ1v) is 9.61. The van der Waals surface area contributed by atoms with Crippen LogP contribution in [-0.2, 0) is 0 Å². The Hall–Kier alpha value is -2.51. The van der Waals surface area contributed by atoms with Gasteiger partial charge in [0.25, 0.3) is 0 Å². The second kappa shape index (κ2) is 8.67. The average Bonchev–Trinajstić information content (AvgIpc) is 3.06. The Bertz CT molecular complexity index is 1050. The highest BCUT2D eigenvalue weighted by atomic mass is 79.9. The van der Waals surface area contributed by atoms with Gasteiger partial charge >= 0.3 is 5.91 Å². The highest BCUT2D eigenvalue weighted by Crippen LogP contribution is 2.36. The molecule has 0 bridgehead atoms. The number of carbonyl (C=O) groups is 1. The zero-order valence-corrected chi connectivity index (χ0v) is 17.8. The van der Waals surface area contributed by atoms with Gasteiger partial charge in [-0.25, -0.2) is 5.43 Å². The number of halogens is 2. The van der Waals surface area contributed by atoms with E-state index in [2.05, 4.69) is 26.5 Å². The summed E-state index contributed by atoms with van der Waals surface area (Å²) in [5, 5.41) is 5.18. The van der Waals surface area contributed by atoms with Crippen LogP contribution in [0.4, 0.5) is 0 Å². The van der Waals surface area contributed by atoms with Crippen LogP contribution in [0.25, 0.3) is 11.0 Å². The number of ether oxygens (including phenoxy) is 2. The number of rotatable bonds is 6. The van der Waals surface area contributed by atoms with Crippen LogP contribution in [0.15, 0.2) is 50.4 Å². The normalized spacial score (nSPS) is 11.4. The van der Waals surface area contributed by atoms with E-state index in [4.69, 9.17) is 25.5 Å². The molecule has 0 spiro atoms. The number of carbonyl (C=O) groups excluding carboxylic acids is 1. The van der Waals surface area contributed by atoms with Crippen LogP contribution in [0.3, 0.4) is 0 Å². The van der Waals surface area contributed by atoms with Gasteiger partial charge in [-0.15, -0.1) is 0 Å². The fraction of sp³-hybridized carbons (Fsp3) is 0.200. The first-order valence-electron chi connectivity index (χ1n) is 8.44. The number of benzene rings is 2. The third-order valence-corrected chi connectivity index (χ3v) is 4.46. The van der Waals surface area contributed by atoms with E-state index in [1.54, 1.807) is 24.3 Å². The van der Waals surface area contributed by atoms with Gasteiger partial charge in [0.1, 0.15) is 5.58 Å². The van der Waals surface area contributed by atoms with E-state index in [0.29, 0.717) is 27.7 Å². The number of furan rings is 1. The molecule has 0 atom stereocenters. The van der Waals surface area contributed by atoms with Gasteiger partial charge in [0, 0.05) is 9.86 Å². The van der Waals surface area contributed by atoms with Crippen molar-refractivity contribution in [3.05, 3.63) is 57.2 Å². The number of amides is 1. The molecule has 0 aliphatic rings. The number of nitrogens with zero attached hydrogens (tertiary/aromatic N) is 1. The van der Waals surface area contributed by atoms with Crippen molar-refractivity contribution in [1.82, 2.24) is 5.43 Å². The molecule has 28 heavy (non-hydrogen) atoms. The molecule has 0 saturated heterocycles. The van der Waals surface area contributed by atoms with E-state index in [0.717, 1.165) is 9.86 Å². The van der Waals surface area contributed by atoms with Crippen LogP contribution in [0.5, 0.6) is 11.5 Å². The van der Waals surface area contributed by atoms with Crippen molar-refractivity contribution in [2.24, 2.45) is 5.10 Å². The molecule has 0 radical (unpaired) electrons. The SMILES string of the molecule is COc1cc(/C=N/NC(=O)c2cc3cc(Br)ccc3o2)cc(Cl)c1OC(C)C. The maximum Gasteiger partial charge on any atom is 0.307 e. The molecule has 0 fully saturated rings. The summed E-state index contributed by atoms with van der Waals surface area (Å²) in [5.74, 6) is 0.661. The summed E-state index contributed by atoms with van der Waals surface area (Å²) in [5.41, 5.74) is 3.70. The van der Waals surface area contributed by atoms with Gasteiger partial charge in [-0.3, -0.25) is 4.79 Å². The van der Waals surface area contributed by atoms with Gasteiger partial charge in [-0.2, -0.15) is 5.10 Å². The standard InChI is InChI=1S/C20H18BrClN2O4/c1-11(2)27-19-15(22)6-12(7-17(19)26-3)10-23-24-20(25)18-9-13-8-14(21)4-5-16(13)28-18/h4-11H,1-3H3,(H,24,25)/b23-10+. The van der Waals surface area contributed by atoms with Crippen molar-refractivity contribution in [2.45, 2.75) is 20.0 Å². The van der Waals surface area contributed by atoms with E-state index in [9.17, 15) is 4.79 Å². The van der Waals surface area contributed by atoms with E-state index in [1.165, 1.54) is 13.3 Å². The maximum atomic E-state index is 12.3. The van der Waals surface area contributed by atoms with Crippen molar-refractivity contribution in [3.8, 4) is 11.5 Å². The number of hydrazone groups is 1. The highest BCUT2D eigenvalue weighted by molar-refractivity contribution is 9.10. The van der Waals surface area contributed by atoms with Gasteiger partial charge in [0.05, 0.1) is 24.5 Å². The Morgan fingerprint density at radius 3 is 2.79 bits per heavy atom. The minimum absolute atomic E-state index is 0.0466. The Kier molecular flexibility index (Phi) is 6.26. The highest BCUT2D eigenvalue weighted by Gasteiger charge is 2.14. The first kappa shape index (κ1) is 20.2. The van der Waals surface area contributed by atoms with Crippen LogP contribution in [-0.4, -0.2) is 25.3 Å². The fourth-order valence-electron chi connectivity index (χ4n) is 2.51. The smallest absolute Gasteiger partial charge is 0.307 e. The number of methoxy groups -OCH3 is 1. The molecule has 1 N–H and O–H groups in total. The van der Waals surface area contributed by atoms with Gasteiger partial charge < -0.3 is 13.9 Å². The Balaban J connectivity index is 1.74. The third kappa shape index (κ3) is 4.66. The van der Waals surface area contributed by atoms with Crippen molar-refractivity contribution >= 4 is 50.6 Å². The molecule has 0 aliphatic heterocycles. The third-order valence-electron chi connectivity index (χ3n) is 3.69. The first-order chi connectivity index (χ1) is 13.4. The minimum Gasteiger partial charge on any atom is -0.493 e. The monoisotopic (exact) mass is 464 g/mol. The quantitative estimate of drug-likeness (QED) is 0.390. The Morgan fingerprint density at radius 1 is 1.29 bits per heavy atom. The fourth-order valence-corrected chi connectivity index (χ4v) is 3.15. The largest absolute Gasteiger partial charge is 0.493 e. The lowest BCUT2D eigenvalue weighted by Gasteiger charge is -2.15. The molecule has 8 heteroatoms. The number of hydrogen-bond donors (Lipinski definition) is 1. The van der Waals surface area contributed by atoms with Crippen LogP contribution >= 0.6 is 27.5 Å². The molecule has 3 aromatic rings. The van der Waals surface area contributed by atoms with Crippen LogP contribution in [0, 0.1) is 0 Å². The molecule has 6 nitrogen and oxygen atoms in total. The predicted octanol–water partition coefficient (Wildman–Crippen LogP) is 5.41. The average molecular weight is 466 g/mol. The van der Waals surface area contributed by atoms with Gasteiger partial charge in [0.15, 0.2) is 17.3 Å². The summed E-state index contributed by atoms with van der Waals surface area (Å²) >= 11 is 9.67. The zero-order valence-electron chi connectivity index (χ0n) is 15.5.